The van der Waals surface area contributed by atoms with Crippen molar-refractivity contribution in [3.63, 3.8) is 0 Å². The molecule has 2 fully saturated rings. The van der Waals surface area contributed by atoms with E-state index in [1.807, 2.05) is 0 Å². The zero-order valence-electron chi connectivity index (χ0n) is 15.6. The van der Waals surface area contributed by atoms with Crippen molar-refractivity contribution in [3.05, 3.63) is 40.2 Å². The molecule has 26 heavy (non-hydrogen) atoms. The molecule has 1 aromatic carbocycles. The van der Waals surface area contributed by atoms with Crippen LogP contribution in [0, 0.1) is 16.7 Å². The smallest absolute Gasteiger partial charge is 0.351 e. The highest BCUT2D eigenvalue weighted by molar-refractivity contribution is 5.94. The second kappa shape index (κ2) is 5.60. The SMILES string of the molecule is COc1cccc2cc(C(=O)OC3CC4CCC3(C)C4(C)C)c(=O)oc12. The zero-order valence-corrected chi connectivity index (χ0v) is 15.6. The first-order valence-electron chi connectivity index (χ1n) is 9.10. The monoisotopic (exact) mass is 356 g/mol. The van der Waals surface area contributed by atoms with Gasteiger partial charge in [0.15, 0.2) is 11.3 Å². The minimum atomic E-state index is -0.695. The Bertz CT molecular complexity index is 941. The van der Waals surface area contributed by atoms with Crippen molar-refractivity contribution in [2.75, 3.05) is 7.11 Å². The van der Waals surface area contributed by atoms with Crippen LogP contribution in [0.4, 0.5) is 0 Å². The Kier molecular flexibility index (Phi) is 3.69. The van der Waals surface area contributed by atoms with E-state index in [1.165, 1.54) is 19.6 Å². The van der Waals surface area contributed by atoms with Gasteiger partial charge in [0.1, 0.15) is 11.7 Å². The number of rotatable bonds is 3. The van der Waals surface area contributed by atoms with Crippen LogP contribution in [0.1, 0.15) is 50.4 Å². The minimum Gasteiger partial charge on any atom is -0.493 e. The van der Waals surface area contributed by atoms with Crippen molar-refractivity contribution in [3.8, 4) is 5.75 Å². The van der Waals surface area contributed by atoms with E-state index in [0.717, 1.165) is 12.8 Å². The van der Waals surface area contributed by atoms with E-state index < -0.39 is 11.6 Å². The highest BCUT2D eigenvalue weighted by Gasteiger charge is 2.62. The van der Waals surface area contributed by atoms with Gasteiger partial charge in [-0.2, -0.15) is 0 Å². The van der Waals surface area contributed by atoms with Crippen LogP contribution in [0.2, 0.25) is 0 Å². The second-order valence-electron chi connectivity index (χ2n) is 8.33. The predicted octanol–water partition coefficient (Wildman–Crippen LogP) is 4.17. The van der Waals surface area contributed by atoms with Crippen molar-refractivity contribution < 1.29 is 18.7 Å². The molecule has 0 aliphatic heterocycles. The fourth-order valence-corrected chi connectivity index (χ4v) is 4.92. The maximum Gasteiger partial charge on any atom is 0.351 e. The van der Waals surface area contributed by atoms with Crippen molar-refractivity contribution in [1.29, 1.82) is 0 Å². The molecule has 2 saturated carbocycles. The van der Waals surface area contributed by atoms with Crippen molar-refractivity contribution in [2.45, 2.75) is 46.1 Å². The summed E-state index contributed by atoms with van der Waals surface area (Å²) in [6.45, 7) is 6.72. The van der Waals surface area contributed by atoms with Crippen LogP contribution in [-0.2, 0) is 4.74 Å². The Morgan fingerprint density at radius 3 is 2.65 bits per heavy atom. The van der Waals surface area contributed by atoms with Gasteiger partial charge in [-0.1, -0.05) is 32.9 Å². The van der Waals surface area contributed by atoms with Crippen LogP contribution in [0.3, 0.4) is 0 Å². The number of fused-ring (bicyclic) bond motifs is 3. The summed E-state index contributed by atoms with van der Waals surface area (Å²) in [5, 5.41) is 0.635. The van der Waals surface area contributed by atoms with Crippen molar-refractivity contribution >= 4 is 16.9 Å². The summed E-state index contributed by atoms with van der Waals surface area (Å²) >= 11 is 0. The van der Waals surface area contributed by atoms with Crippen LogP contribution in [-0.4, -0.2) is 19.2 Å². The maximum atomic E-state index is 12.7. The Hall–Kier alpha value is -2.30. The van der Waals surface area contributed by atoms with Gasteiger partial charge in [-0.3, -0.25) is 0 Å². The summed E-state index contributed by atoms with van der Waals surface area (Å²) in [5.74, 6) is 0.419. The fraction of sp³-hybridized carbons (Fsp3) is 0.524. The van der Waals surface area contributed by atoms with Gasteiger partial charge in [0.25, 0.3) is 0 Å². The molecule has 2 aromatic rings. The van der Waals surface area contributed by atoms with Gasteiger partial charge < -0.3 is 13.9 Å². The van der Waals surface area contributed by atoms with Crippen LogP contribution >= 0.6 is 0 Å². The number of carbonyl (C=O) groups is 1. The van der Waals surface area contributed by atoms with E-state index in [4.69, 9.17) is 13.9 Å². The number of carbonyl (C=O) groups excluding carboxylic acids is 1. The lowest BCUT2D eigenvalue weighted by atomic mass is 9.70. The fourth-order valence-electron chi connectivity index (χ4n) is 4.92. The molecule has 0 N–H and O–H groups in total. The third-order valence-electron chi connectivity index (χ3n) is 7.13. The molecular formula is C21H24O5. The quantitative estimate of drug-likeness (QED) is 0.610. The third kappa shape index (κ3) is 2.22. The average molecular weight is 356 g/mol. The van der Waals surface area contributed by atoms with Gasteiger partial charge in [0, 0.05) is 10.8 Å². The average Bonchev–Trinajstić information content (AvgIpc) is 2.94. The molecule has 2 aliphatic carbocycles. The summed E-state index contributed by atoms with van der Waals surface area (Å²) in [5.41, 5.74) is -0.327. The Balaban J connectivity index is 1.66. The molecule has 2 aliphatic rings. The van der Waals surface area contributed by atoms with Gasteiger partial charge in [-0.25, -0.2) is 9.59 Å². The lowest BCUT2D eigenvalue weighted by Crippen LogP contribution is -2.38. The first-order valence-corrected chi connectivity index (χ1v) is 9.10. The van der Waals surface area contributed by atoms with E-state index in [2.05, 4.69) is 20.8 Å². The maximum absolute atomic E-state index is 12.7. The topological polar surface area (TPSA) is 65.7 Å². The van der Waals surface area contributed by atoms with Gasteiger partial charge >= 0.3 is 11.6 Å². The van der Waals surface area contributed by atoms with Gasteiger partial charge in [0.05, 0.1) is 7.11 Å². The van der Waals surface area contributed by atoms with Crippen molar-refractivity contribution in [2.24, 2.45) is 16.7 Å². The highest BCUT2D eigenvalue weighted by Crippen LogP contribution is 2.66. The molecule has 3 atom stereocenters. The Morgan fingerprint density at radius 1 is 1.27 bits per heavy atom. The molecule has 0 saturated heterocycles. The van der Waals surface area contributed by atoms with Crippen LogP contribution in [0.15, 0.2) is 33.5 Å². The number of hydrogen-bond acceptors (Lipinski definition) is 5. The molecule has 4 rings (SSSR count). The molecule has 0 spiro atoms. The summed E-state index contributed by atoms with van der Waals surface area (Å²) in [6.07, 6.45) is 2.92. The van der Waals surface area contributed by atoms with E-state index in [0.29, 0.717) is 22.6 Å². The number of methoxy groups -OCH3 is 1. The van der Waals surface area contributed by atoms with Crippen molar-refractivity contribution in [1.82, 2.24) is 0 Å². The molecule has 1 heterocycles. The molecule has 3 unspecified atom stereocenters. The molecule has 1 aromatic heterocycles. The van der Waals surface area contributed by atoms with E-state index >= 15 is 0 Å². The van der Waals surface area contributed by atoms with Gasteiger partial charge in [-0.05, 0) is 42.7 Å². The van der Waals surface area contributed by atoms with Crippen LogP contribution < -0.4 is 10.4 Å². The minimum absolute atomic E-state index is 0.0480. The normalized spacial score (nSPS) is 29.1. The largest absolute Gasteiger partial charge is 0.493 e. The number of ether oxygens (including phenoxy) is 2. The van der Waals surface area contributed by atoms with Crippen LogP contribution in [0.25, 0.3) is 11.0 Å². The molecule has 0 radical (unpaired) electrons. The van der Waals surface area contributed by atoms with E-state index in [1.54, 1.807) is 18.2 Å². The Labute approximate surface area is 152 Å². The first kappa shape index (κ1) is 17.1. The lowest BCUT2D eigenvalue weighted by Gasteiger charge is -2.38. The van der Waals surface area contributed by atoms with Gasteiger partial charge in [-0.15, -0.1) is 0 Å². The molecule has 138 valence electrons. The van der Waals surface area contributed by atoms with E-state index in [-0.39, 0.29) is 22.5 Å². The molecule has 5 nitrogen and oxygen atoms in total. The molecule has 5 heteroatoms. The molecular weight excluding hydrogens is 332 g/mol. The predicted molar refractivity (Wildman–Crippen MR) is 97.5 cm³/mol. The zero-order chi connectivity index (χ0) is 18.7. The number of para-hydroxylation sites is 1. The van der Waals surface area contributed by atoms with Crippen LogP contribution in [0.5, 0.6) is 5.75 Å². The highest BCUT2D eigenvalue weighted by atomic mass is 16.5. The Morgan fingerprint density at radius 2 is 2.04 bits per heavy atom. The third-order valence-corrected chi connectivity index (χ3v) is 7.13. The molecule has 0 amide bonds. The van der Waals surface area contributed by atoms with E-state index in [9.17, 15) is 9.59 Å². The summed E-state index contributed by atoms with van der Waals surface area (Å²) < 4.78 is 16.4. The summed E-state index contributed by atoms with van der Waals surface area (Å²) in [4.78, 5) is 25.1. The first-order chi connectivity index (χ1) is 12.3. The lowest BCUT2D eigenvalue weighted by molar-refractivity contribution is -0.0245. The second-order valence-corrected chi connectivity index (χ2v) is 8.33. The molecule has 2 bridgehead atoms. The summed E-state index contributed by atoms with van der Waals surface area (Å²) in [6, 6.07) is 6.81. The number of esters is 1. The standard InChI is InChI=1S/C21H24O5/c1-20(2)13-8-9-21(20,3)16(11-13)25-18(22)14-10-12-6-5-7-15(24-4)17(12)26-19(14)23/h5-7,10,13,16H,8-9,11H2,1-4H3. The number of hydrogen-bond donors (Lipinski definition) is 0. The number of benzene rings is 1. The summed E-state index contributed by atoms with van der Waals surface area (Å²) in [7, 11) is 1.51. The van der Waals surface area contributed by atoms with Gasteiger partial charge in [0.2, 0.25) is 0 Å².